The van der Waals surface area contributed by atoms with Crippen LogP contribution in [0.25, 0.3) is 0 Å². The van der Waals surface area contributed by atoms with Gasteiger partial charge in [-0.05, 0) is 12.1 Å². The number of aromatic nitrogens is 1. The summed E-state index contributed by atoms with van der Waals surface area (Å²) in [6.45, 7) is 0.289. The lowest BCUT2D eigenvalue weighted by Crippen LogP contribution is -1.92. The van der Waals surface area contributed by atoms with E-state index in [9.17, 15) is 4.39 Å². The van der Waals surface area contributed by atoms with Gasteiger partial charge in [0.1, 0.15) is 5.15 Å². The van der Waals surface area contributed by atoms with Gasteiger partial charge in [0.2, 0.25) is 0 Å². The maximum absolute atomic E-state index is 13.3. The molecule has 0 bridgehead atoms. The molecule has 6 heteroatoms. The third-order valence-electron chi connectivity index (χ3n) is 1.85. The first kappa shape index (κ1) is 11.3. The first-order chi connectivity index (χ1) is 7.70. The Kier molecular flexibility index (Phi) is 3.38. The van der Waals surface area contributed by atoms with E-state index in [0.717, 1.165) is 0 Å². The Labute approximate surface area is 101 Å². The number of thiazole rings is 1. The number of nitrogens with two attached hydrogens (primary N) is 1. The first-order valence-electron chi connectivity index (χ1n) is 4.48. The molecule has 0 aliphatic rings. The smallest absolute Gasteiger partial charge is 0.280 e. The van der Waals surface area contributed by atoms with Crippen molar-refractivity contribution in [2.75, 3.05) is 0 Å². The number of ether oxygens (including phenoxy) is 1. The van der Waals surface area contributed by atoms with E-state index in [1.165, 1.54) is 23.5 Å². The van der Waals surface area contributed by atoms with E-state index in [1.807, 2.05) is 0 Å². The lowest BCUT2D eigenvalue weighted by Gasteiger charge is -2.01. The molecule has 1 aromatic carbocycles. The summed E-state index contributed by atoms with van der Waals surface area (Å²) in [7, 11) is 0. The van der Waals surface area contributed by atoms with Crippen LogP contribution in [0.2, 0.25) is 5.15 Å². The van der Waals surface area contributed by atoms with Gasteiger partial charge in [-0.3, -0.25) is 0 Å². The van der Waals surface area contributed by atoms with E-state index in [-0.39, 0.29) is 17.5 Å². The Morgan fingerprint density at radius 3 is 2.81 bits per heavy atom. The summed E-state index contributed by atoms with van der Waals surface area (Å²) in [4.78, 5) is 4.65. The van der Waals surface area contributed by atoms with Crippen molar-refractivity contribution in [3.05, 3.63) is 40.1 Å². The summed E-state index contributed by atoms with van der Waals surface area (Å²) in [6.07, 6.45) is 0. The number of halogens is 2. The topological polar surface area (TPSA) is 48.1 Å². The first-order valence-corrected chi connectivity index (χ1v) is 5.68. The molecule has 1 heterocycles. The second kappa shape index (κ2) is 4.78. The summed E-state index contributed by atoms with van der Waals surface area (Å²) in [6, 6.07) is 6.10. The van der Waals surface area contributed by atoms with Crippen LogP contribution in [0.15, 0.2) is 24.3 Å². The van der Waals surface area contributed by atoms with E-state index in [4.69, 9.17) is 22.1 Å². The molecule has 3 nitrogen and oxygen atoms in total. The van der Waals surface area contributed by atoms with E-state index in [1.54, 1.807) is 12.1 Å². The molecule has 0 aliphatic carbocycles. The van der Waals surface area contributed by atoms with Crippen LogP contribution in [-0.2, 0) is 6.54 Å². The van der Waals surface area contributed by atoms with Crippen LogP contribution < -0.4 is 10.5 Å². The predicted molar refractivity (Wildman–Crippen MR) is 61.5 cm³/mol. The Bertz CT molecular complexity index is 503. The summed E-state index contributed by atoms with van der Waals surface area (Å²) in [5, 5.41) is 0.592. The van der Waals surface area contributed by atoms with Crippen LogP contribution in [0.5, 0.6) is 10.9 Å². The summed E-state index contributed by atoms with van der Waals surface area (Å²) in [5.74, 6) is -0.320. The third-order valence-corrected chi connectivity index (χ3v) is 3.23. The van der Waals surface area contributed by atoms with Gasteiger partial charge >= 0.3 is 0 Å². The van der Waals surface area contributed by atoms with Crippen molar-refractivity contribution in [2.45, 2.75) is 6.54 Å². The van der Waals surface area contributed by atoms with Gasteiger partial charge in [0.15, 0.2) is 11.6 Å². The van der Waals surface area contributed by atoms with E-state index in [2.05, 4.69) is 4.98 Å². The van der Waals surface area contributed by atoms with E-state index < -0.39 is 5.82 Å². The predicted octanol–water partition coefficient (Wildman–Crippen LogP) is 3.19. The molecule has 16 heavy (non-hydrogen) atoms. The van der Waals surface area contributed by atoms with Gasteiger partial charge in [0.05, 0.1) is 4.88 Å². The van der Waals surface area contributed by atoms with Gasteiger partial charge < -0.3 is 10.5 Å². The number of nitrogens with zero attached hydrogens (tertiary/aromatic N) is 1. The number of para-hydroxylation sites is 1. The largest absolute Gasteiger partial charge is 0.428 e. The van der Waals surface area contributed by atoms with Gasteiger partial charge in [-0.25, -0.2) is 4.39 Å². The van der Waals surface area contributed by atoms with Gasteiger partial charge in [-0.1, -0.05) is 35.1 Å². The molecule has 2 N–H and O–H groups in total. The molecule has 84 valence electrons. The monoisotopic (exact) mass is 258 g/mol. The summed E-state index contributed by atoms with van der Waals surface area (Å²) >= 11 is 7.00. The second-order valence-corrected chi connectivity index (χ2v) is 4.33. The van der Waals surface area contributed by atoms with Crippen LogP contribution in [0.4, 0.5) is 4.39 Å². The molecule has 0 amide bonds. The van der Waals surface area contributed by atoms with E-state index >= 15 is 0 Å². The number of rotatable bonds is 3. The highest BCUT2D eigenvalue weighted by Crippen LogP contribution is 2.32. The fourth-order valence-electron chi connectivity index (χ4n) is 1.10. The number of hydrogen-bond donors (Lipinski definition) is 1. The summed E-state index contributed by atoms with van der Waals surface area (Å²) in [5.41, 5.74) is 5.44. The summed E-state index contributed by atoms with van der Waals surface area (Å²) < 4.78 is 18.5. The standard InChI is InChI=1S/C10H8ClFN2OS/c11-9-8(5-13)16-10(14-9)15-7-4-2-1-3-6(7)12/h1-4H,5,13H2. The molecule has 0 saturated carbocycles. The van der Waals surface area contributed by atoms with Crippen molar-refractivity contribution in [2.24, 2.45) is 5.73 Å². The molecule has 0 unspecified atom stereocenters. The highest BCUT2D eigenvalue weighted by molar-refractivity contribution is 7.14. The Hall–Kier alpha value is -1.17. The molecule has 1 aromatic heterocycles. The molecule has 0 fully saturated rings. The van der Waals surface area contributed by atoms with Crippen molar-refractivity contribution < 1.29 is 9.13 Å². The fraction of sp³-hybridized carbons (Fsp3) is 0.100. The minimum Gasteiger partial charge on any atom is -0.428 e. The average Bonchev–Trinajstić information content (AvgIpc) is 2.62. The quantitative estimate of drug-likeness (QED) is 0.920. The van der Waals surface area contributed by atoms with Crippen LogP contribution in [0.3, 0.4) is 0 Å². The van der Waals surface area contributed by atoms with Crippen molar-refractivity contribution in [3.8, 4) is 10.9 Å². The Morgan fingerprint density at radius 1 is 1.44 bits per heavy atom. The molecule has 0 aliphatic heterocycles. The Morgan fingerprint density at radius 2 is 2.19 bits per heavy atom. The number of benzene rings is 1. The van der Waals surface area contributed by atoms with Crippen molar-refractivity contribution in [1.82, 2.24) is 4.98 Å². The highest BCUT2D eigenvalue weighted by Gasteiger charge is 2.11. The highest BCUT2D eigenvalue weighted by atomic mass is 35.5. The lowest BCUT2D eigenvalue weighted by molar-refractivity contribution is 0.440. The second-order valence-electron chi connectivity index (χ2n) is 2.93. The molecular formula is C10H8ClFN2OS. The van der Waals surface area contributed by atoms with Crippen molar-refractivity contribution >= 4 is 22.9 Å². The number of hydrogen-bond acceptors (Lipinski definition) is 4. The van der Waals surface area contributed by atoms with Crippen LogP contribution in [0, 0.1) is 5.82 Å². The maximum atomic E-state index is 13.3. The van der Waals surface area contributed by atoms with Gasteiger partial charge in [-0.15, -0.1) is 0 Å². The van der Waals surface area contributed by atoms with Crippen LogP contribution >= 0.6 is 22.9 Å². The van der Waals surface area contributed by atoms with Gasteiger partial charge in [-0.2, -0.15) is 4.98 Å². The molecular weight excluding hydrogens is 251 g/mol. The Balaban J connectivity index is 2.24. The maximum Gasteiger partial charge on any atom is 0.280 e. The zero-order valence-corrected chi connectivity index (χ0v) is 9.69. The van der Waals surface area contributed by atoms with E-state index in [0.29, 0.717) is 10.0 Å². The molecule has 2 aromatic rings. The minimum absolute atomic E-state index is 0.122. The van der Waals surface area contributed by atoms with Crippen molar-refractivity contribution in [3.63, 3.8) is 0 Å². The van der Waals surface area contributed by atoms with Crippen molar-refractivity contribution in [1.29, 1.82) is 0 Å². The average molecular weight is 259 g/mol. The van der Waals surface area contributed by atoms with Crippen LogP contribution in [-0.4, -0.2) is 4.98 Å². The van der Waals surface area contributed by atoms with Gasteiger partial charge in [0, 0.05) is 6.54 Å². The molecule has 0 saturated heterocycles. The molecule has 0 spiro atoms. The minimum atomic E-state index is -0.442. The molecule has 0 atom stereocenters. The normalized spacial score (nSPS) is 10.4. The van der Waals surface area contributed by atoms with Gasteiger partial charge in [0.25, 0.3) is 5.19 Å². The fourth-order valence-corrected chi connectivity index (χ4v) is 2.12. The molecule has 2 rings (SSSR count). The zero-order chi connectivity index (χ0) is 11.5. The SMILES string of the molecule is NCc1sc(Oc2ccccc2F)nc1Cl. The zero-order valence-electron chi connectivity index (χ0n) is 8.11. The molecule has 0 radical (unpaired) electrons. The lowest BCUT2D eigenvalue weighted by atomic mass is 10.3. The van der Waals surface area contributed by atoms with Crippen LogP contribution in [0.1, 0.15) is 4.88 Å². The third kappa shape index (κ3) is 2.32.